The van der Waals surface area contributed by atoms with E-state index in [1.54, 1.807) is 11.3 Å². The van der Waals surface area contributed by atoms with E-state index in [2.05, 4.69) is 39.9 Å². The predicted octanol–water partition coefficient (Wildman–Crippen LogP) is 2.78. The Morgan fingerprint density at radius 3 is 2.64 bits per heavy atom. The highest BCUT2D eigenvalue weighted by Crippen LogP contribution is 2.34. The molecule has 0 aliphatic carbocycles. The highest BCUT2D eigenvalue weighted by molar-refractivity contribution is 7.22. The third-order valence-corrected chi connectivity index (χ3v) is 6.68. The molecule has 28 heavy (non-hydrogen) atoms. The molecule has 7 heteroatoms. The van der Waals surface area contributed by atoms with E-state index in [1.165, 1.54) is 10.3 Å². The summed E-state index contributed by atoms with van der Waals surface area (Å²) < 4.78 is 1.22. The Hall–Kier alpha value is -2.67. The van der Waals surface area contributed by atoms with Crippen LogP contribution >= 0.6 is 11.3 Å². The van der Waals surface area contributed by atoms with E-state index in [0.717, 1.165) is 55.7 Å². The van der Waals surface area contributed by atoms with Crippen molar-refractivity contribution in [1.29, 1.82) is 0 Å². The number of carbonyl (C=O) groups excluding carboxylic acids is 1. The summed E-state index contributed by atoms with van der Waals surface area (Å²) in [7, 11) is 0. The number of hydrogen-bond donors (Lipinski definition) is 0. The molecule has 2 aliphatic rings. The van der Waals surface area contributed by atoms with Gasteiger partial charge in [0, 0.05) is 45.5 Å². The highest BCUT2D eigenvalue weighted by atomic mass is 32.1. The molecule has 6 nitrogen and oxygen atoms in total. The van der Waals surface area contributed by atoms with Gasteiger partial charge < -0.3 is 14.7 Å². The van der Waals surface area contributed by atoms with Gasteiger partial charge in [0.25, 0.3) is 0 Å². The van der Waals surface area contributed by atoms with Crippen LogP contribution in [0.15, 0.2) is 42.6 Å². The van der Waals surface area contributed by atoms with Gasteiger partial charge in [-0.15, -0.1) is 0 Å². The van der Waals surface area contributed by atoms with Crippen LogP contribution in [0.5, 0.6) is 0 Å². The molecular formula is C21H23N5OS. The fourth-order valence-electron chi connectivity index (χ4n) is 3.90. The van der Waals surface area contributed by atoms with Gasteiger partial charge in [-0.25, -0.2) is 9.97 Å². The zero-order valence-electron chi connectivity index (χ0n) is 15.9. The summed E-state index contributed by atoms with van der Waals surface area (Å²) in [6, 6.07) is 12.3. The Morgan fingerprint density at radius 2 is 1.89 bits per heavy atom. The second kappa shape index (κ2) is 7.05. The van der Waals surface area contributed by atoms with E-state index in [9.17, 15) is 4.79 Å². The van der Waals surface area contributed by atoms with Crippen LogP contribution in [-0.2, 0) is 4.79 Å². The lowest BCUT2D eigenvalue weighted by Gasteiger charge is -2.42. The molecule has 0 bridgehead atoms. The molecule has 1 amide bonds. The molecule has 2 aromatic heterocycles. The quantitative estimate of drug-likeness (QED) is 0.685. The van der Waals surface area contributed by atoms with Crippen LogP contribution in [0.4, 0.5) is 10.9 Å². The first-order valence-corrected chi connectivity index (χ1v) is 10.6. The number of fused-ring (bicyclic) bond motifs is 1. The van der Waals surface area contributed by atoms with Gasteiger partial charge in [-0.3, -0.25) is 4.79 Å². The molecule has 2 aliphatic heterocycles. The van der Waals surface area contributed by atoms with Gasteiger partial charge in [-0.1, -0.05) is 23.5 Å². The van der Waals surface area contributed by atoms with Crippen molar-refractivity contribution in [3.63, 3.8) is 0 Å². The van der Waals surface area contributed by atoms with Gasteiger partial charge in [0.2, 0.25) is 5.91 Å². The second-order valence-electron chi connectivity index (χ2n) is 7.57. The number of nitrogens with zero attached hydrogens (tertiary/aromatic N) is 5. The van der Waals surface area contributed by atoms with Crippen LogP contribution in [0.1, 0.15) is 5.56 Å². The lowest BCUT2D eigenvalue weighted by atomic mass is 9.99. The zero-order chi connectivity index (χ0) is 19.1. The van der Waals surface area contributed by atoms with Crippen LogP contribution in [-0.4, -0.2) is 60.0 Å². The average Bonchev–Trinajstić information content (AvgIpc) is 3.10. The topological polar surface area (TPSA) is 52.6 Å². The average molecular weight is 394 g/mol. The maximum absolute atomic E-state index is 12.9. The highest BCUT2D eigenvalue weighted by Gasteiger charge is 2.37. The van der Waals surface area contributed by atoms with E-state index in [4.69, 9.17) is 4.98 Å². The smallest absolute Gasteiger partial charge is 0.229 e. The second-order valence-corrected chi connectivity index (χ2v) is 8.58. The fraction of sp³-hybridized carbons (Fsp3) is 0.381. The summed E-state index contributed by atoms with van der Waals surface area (Å²) >= 11 is 1.72. The monoisotopic (exact) mass is 393 g/mol. The van der Waals surface area contributed by atoms with Crippen LogP contribution in [0, 0.1) is 12.8 Å². The number of anilines is 2. The lowest BCUT2D eigenvalue weighted by molar-refractivity contribution is -0.136. The third-order valence-electron chi connectivity index (χ3n) is 5.60. The van der Waals surface area contributed by atoms with Crippen molar-refractivity contribution in [2.75, 3.05) is 49.1 Å². The van der Waals surface area contributed by atoms with E-state index in [-0.39, 0.29) is 11.8 Å². The molecular weight excluding hydrogens is 370 g/mol. The molecule has 5 rings (SSSR count). The van der Waals surface area contributed by atoms with Crippen molar-refractivity contribution in [2.24, 2.45) is 5.92 Å². The third kappa shape index (κ3) is 3.20. The minimum atomic E-state index is 0.0927. The number of carbonyl (C=O) groups is 1. The van der Waals surface area contributed by atoms with Crippen molar-refractivity contribution in [3.05, 3.63) is 48.2 Å². The number of pyridine rings is 1. The number of aryl methyl sites for hydroxylation is 1. The number of benzene rings is 1. The summed E-state index contributed by atoms with van der Waals surface area (Å²) in [5.41, 5.74) is 2.30. The molecule has 2 fully saturated rings. The molecule has 0 N–H and O–H groups in total. The fourth-order valence-corrected chi connectivity index (χ4v) is 4.98. The number of aromatic nitrogens is 2. The van der Waals surface area contributed by atoms with E-state index in [0.29, 0.717) is 0 Å². The van der Waals surface area contributed by atoms with Crippen molar-refractivity contribution in [2.45, 2.75) is 6.92 Å². The molecule has 4 heterocycles. The Morgan fingerprint density at radius 1 is 1.07 bits per heavy atom. The zero-order valence-corrected chi connectivity index (χ0v) is 16.7. The molecule has 2 saturated heterocycles. The molecule has 0 saturated carbocycles. The van der Waals surface area contributed by atoms with E-state index >= 15 is 0 Å². The van der Waals surface area contributed by atoms with E-state index < -0.39 is 0 Å². The van der Waals surface area contributed by atoms with Crippen molar-refractivity contribution in [1.82, 2.24) is 14.9 Å². The minimum absolute atomic E-state index is 0.0927. The number of rotatable bonds is 3. The summed E-state index contributed by atoms with van der Waals surface area (Å²) in [4.78, 5) is 28.5. The van der Waals surface area contributed by atoms with Gasteiger partial charge >= 0.3 is 0 Å². The maximum atomic E-state index is 12.9. The van der Waals surface area contributed by atoms with Crippen molar-refractivity contribution in [3.8, 4) is 0 Å². The summed E-state index contributed by atoms with van der Waals surface area (Å²) in [6.45, 7) is 6.88. The molecule has 0 atom stereocenters. The van der Waals surface area contributed by atoms with Gasteiger partial charge in [0.05, 0.1) is 16.1 Å². The van der Waals surface area contributed by atoms with Gasteiger partial charge in [0.15, 0.2) is 5.13 Å². The summed E-state index contributed by atoms with van der Waals surface area (Å²) in [5, 5.41) is 1.03. The number of amides is 1. The van der Waals surface area contributed by atoms with Crippen LogP contribution in [0.2, 0.25) is 0 Å². The molecule has 3 aromatic rings. The molecule has 1 aromatic carbocycles. The van der Waals surface area contributed by atoms with Crippen LogP contribution in [0.25, 0.3) is 10.2 Å². The van der Waals surface area contributed by atoms with Gasteiger partial charge in [-0.2, -0.15) is 0 Å². The normalized spacial score (nSPS) is 17.8. The Bertz CT molecular complexity index is 990. The molecule has 144 valence electrons. The number of hydrogen-bond acceptors (Lipinski definition) is 6. The largest absolute Gasteiger partial charge is 0.353 e. The van der Waals surface area contributed by atoms with Crippen molar-refractivity contribution >= 4 is 38.4 Å². The standard InChI is InChI=1S/C21H23N5OS/c1-15-5-6-17-18(12-15)28-21(23-17)26-13-16(14-26)20(27)25-10-8-24(9-11-25)19-4-2-3-7-22-19/h2-7,12,16H,8-11,13-14H2,1H3. The lowest BCUT2D eigenvalue weighted by Crippen LogP contribution is -2.58. The van der Waals surface area contributed by atoms with Crippen LogP contribution < -0.4 is 9.80 Å². The first-order chi connectivity index (χ1) is 13.7. The van der Waals surface area contributed by atoms with E-state index in [1.807, 2.05) is 29.3 Å². The first-order valence-electron chi connectivity index (χ1n) is 9.74. The molecule has 0 spiro atoms. The number of thiazole rings is 1. The molecule has 0 radical (unpaired) electrons. The Balaban J connectivity index is 1.17. The Labute approximate surface area is 168 Å². The molecule has 0 unspecified atom stereocenters. The summed E-state index contributed by atoms with van der Waals surface area (Å²) in [6.07, 6.45) is 1.82. The van der Waals surface area contributed by atoms with Gasteiger partial charge in [-0.05, 0) is 36.8 Å². The predicted molar refractivity (Wildman–Crippen MR) is 113 cm³/mol. The van der Waals surface area contributed by atoms with Gasteiger partial charge in [0.1, 0.15) is 5.82 Å². The van der Waals surface area contributed by atoms with Crippen LogP contribution in [0.3, 0.4) is 0 Å². The SMILES string of the molecule is Cc1ccc2nc(N3CC(C(=O)N4CCN(c5ccccn5)CC4)C3)sc2c1. The summed E-state index contributed by atoms with van der Waals surface area (Å²) in [5.74, 6) is 1.37. The number of piperazine rings is 1. The maximum Gasteiger partial charge on any atom is 0.229 e. The first kappa shape index (κ1) is 17.4. The minimum Gasteiger partial charge on any atom is -0.353 e. The van der Waals surface area contributed by atoms with Crippen molar-refractivity contribution < 1.29 is 4.79 Å². The Kier molecular flexibility index (Phi) is 4.39.